The van der Waals surface area contributed by atoms with Gasteiger partial charge >= 0.3 is 0 Å². The van der Waals surface area contributed by atoms with Gasteiger partial charge in [-0.2, -0.15) is 0 Å². The van der Waals surface area contributed by atoms with Crippen molar-refractivity contribution in [2.45, 2.75) is 42.7 Å². The van der Waals surface area contributed by atoms with E-state index in [4.69, 9.17) is 0 Å². The third-order valence-corrected chi connectivity index (χ3v) is 4.96. The molecule has 2 unspecified atom stereocenters. The fourth-order valence-electron chi connectivity index (χ4n) is 2.32. The standard InChI is InChI=1S/C12H15FN2O5S/c13-9-6-5-8(15(17)18)7-12(9)21(19,20)14-10-3-1-2-4-11(10)16/h5-7,10-11,14,16H,1-4H2. The van der Waals surface area contributed by atoms with Crippen LogP contribution in [0.25, 0.3) is 0 Å². The van der Waals surface area contributed by atoms with Gasteiger partial charge in [-0.05, 0) is 18.9 Å². The Morgan fingerprint density at radius 1 is 1.33 bits per heavy atom. The molecule has 1 saturated carbocycles. The van der Waals surface area contributed by atoms with Gasteiger partial charge < -0.3 is 5.11 Å². The second kappa shape index (κ2) is 6.04. The lowest BCUT2D eigenvalue weighted by molar-refractivity contribution is -0.385. The van der Waals surface area contributed by atoms with Gasteiger partial charge in [0, 0.05) is 18.2 Å². The van der Waals surface area contributed by atoms with Gasteiger partial charge in [-0.15, -0.1) is 0 Å². The van der Waals surface area contributed by atoms with Crippen LogP contribution in [-0.2, 0) is 10.0 Å². The summed E-state index contributed by atoms with van der Waals surface area (Å²) in [5.74, 6) is -1.07. The maximum absolute atomic E-state index is 13.7. The molecule has 0 radical (unpaired) electrons. The molecule has 1 aromatic carbocycles. The minimum absolute atomic E-state index is 0.441. The van der Waals surface area contributed by atoms with E-state index in [0.717, 1.165) is 25.0 Å². The molecule has 2 atom stereocenters. The van der Waals surface area contributed by atoms with Crippen LogP contribution >= 0.6 is 0 Å². The van der Waals surface area contributed by atoms with Crippen molar-refractivity contribution >= 4 is 15.7 Å². The molecule has 0 heterocycles. The quantitative estimate of drug-likeness (QED) is 0.642. The molecular formula is C12H15FN2O5S. The molecule has 0 spiro atoms. The Bertz CT molecular complexity index is 649. The summed E-state index contributed by atoms with van der Waals surface area (Å²) in [4.78, 5) is 9.08. The Morgan fingerprint density at radius 3 is 2.62 bits per heavy atom. The lowest BCUT2D eigenvalue weighted by Crippen LogP contribution is -2.45. The van der Waals surface area contributed by atoms with Crippen LogP contribution in [0.2, 0.25) is 0 Å². The number of nitrogens with zero attached hydrogens (tertiary/aromatic N) is 1. The van der Waals surface area contributed by atoms with Crippen LogP contribution in [0.5, 0.6) is 0 Å². The lowest BCUT2D eigenvalue weighted by atomic mass is 9.93. The molecule has 1 aromatic rings. The molecule has 7 nitrogen and oxygen atoms in total. The van der Waals surface area contributed by atoms with E-state index in [-0.39, 0.29) is 0 Å². The Kier molecular flexibility index (Phi) is 4.55. The maximum atomic E-state index is 13.7. The largest absolute Gasteiger partial charge is 0.391 e. The maximum Gasteiger partial charge on any atom is 0.270 e. The Balaban J connectivity index is 2.30. The average Bonchev–Trinajstić information content (AvgIpc) is 2.41. The molecule has 9 heteroatoms. The molecule has 0 aromatic heterocycles. The number of nitro groups is 1. The van der Waals surface area contributed by atoms with Crippen LogP contribution in [0, 0.1) is 15.9 Å². The van der Waals surface area contributed by atoms with Crippen LogP contribution in [-0.4, -0.2) is 30.6 Å². The predicted molar refractivity (Wildman–Crippen MR) is 71.6 cm³/mol. The van der Waals surface area contributed by atoms with Crippen molar-refractivity contribution in [3.05, 3.63) is 34.1 Å². The molecule has 0 bridgehead atoms. The summed E-state index contributed by atoms with van der Waals surface area (Å²) in [6.45, 7) is 0. The topological polar surface area (TPSA) is 110 Å². The van der Waals surface area contributed by atoms with Gasteiger partial charge in [0.25, 0.3) is 5.69 Å². The number of sulfonamides is 1. The van der Waals surface area contributed by atoms with Crippen molar-refractivity contribution in [2.24, 2.45) is 0 Å². The van der Waals surface area contributed by atoms with E-state index in [1.807, 2.05) is 0 Å². The summed E-state index contributed by atoms with van der Waals surface area (Å²) < 4.78 is 40.2. The number of rotatable bonds is 4. The first-order valence-corrected chi connectivity index (χ1v) is 7.94. The zero-order chi connectivity index (χ0) is 15.6. The molecule has 2 rings (SSSR count). The van der Waals surface area contributed by atoms with Crippen LogP contribution in [0.15, 0.2) is 23.1 Å². The van der Waals surface area contributed by atoms with Crippen LogP contribution in [0.1, 0.15) is 25.7 Å². The summed E-state index contributed by atoms with van der Waals surface area (Å²) in [5, 5.41) is 20.4. The average molecular weight is 318 g/mol. The number of aliphatic hydroxyl groups is 1. The van der Waals surface area contributed by atoms with Gasteiger partial charge in [0.05, 0.1) is 11.0 Å². The van der Waals surface area contributed by atoms with E-state index in [1.165, 1.54) is 0 Å². The van der Waals surface area contributed by atoms with E-state index in [0.29, 0.717) is 18.9 Å². The molecule has 1 aliphatic rings. The van der Waals surface area contributed by atoms with Gasteiger partial charge in [0.2, 0.25) is 10.0 Å². The summed E-state index contributed by atoms with van der Waals surface area (Å²) in [6.07, 6.45) is 1.61. The van der Waals surface area contributed by atoms with Gasteiger partial charge in [-0.1, -0.05) is 12.8 Å². The molecule has 21 heavy (non-hydrogen) atoms. The second-order valence-electron chi connectivity index (χ2n) is 4.95. The fraction of sp³-hybridized carbons (Fsp3) is 0.500. The summed E-state index contributed by atoms with van der Waals surface area (Å²) in [7, 11) is -4.27. The first kappa shape index (κ1) is 15.8. The summed E-state index contributed by atoms with van der Waals surface area (Å²) >= 11 is 0. The van der Waals surface area contributed by atoms with E-state index in [9.17, 15) is 28.0 Å². The first-order valence-electron chi connectivity index (χ1n) is 6.45. The second-order valence-corrected chi connectivity index (χ2v) is 6.63. The van der Waals surface area contributed by atoms with E-state index < -0.39 is 43.5 Å². The van der Waals surface area contributed by atoms with Crippen LogP contribution in [0.4, 0.5) is 10.1 Å². The Hall–Kier alpha value is -1.58. The smallest absolute Gasteiger partial charge is 0.270 e. The van der Waals surface area contributed by atoms with Crippen molar-refractivity contribution in [1.29, 1.82) is 0 Å². The highest BCUT2D eigenvalue weighted by atomic mass is 32.2. The van der Waals surface area contributed by atoms with Gasteiger partial charge in [0.15, 0.2) is 0 Å². The molecule has 0 amide bonds. The van der Waals surface area contributed by atoms with Gasteiger partial charge in [0.1, 0.15) is 10.7 Å². The molecule has 0 saturated heterocycles. The van der Waals surface area contributed by atoms with Crippen molar-refractivity contribution in [2.75, 3.05) is 0 Å². The number of nitro benzene ring substituents is 1. The lowest BCUT2D eigenvalue weighted by Gasteiger charge is -2.28. The van der Waals surface area contributed by atoms with Crippen molar-refractivity contribution in [3.63, 3.8) is 0 Å². The summed E-state index contributed by atoms with van der Waals surface area (Å²) in [6, 6.07) is 1.60. The number of halogens is 1. The Labute approximate surface area is 121 Å². The van der Waals surface area contributed by atoms with Gasteiger partial charge in [-0.25, -0.2) is 17.5 Å². The Morgan fingerprint density at radius 2 is 2.00 bits per heavy atom. The molecule has 1 fully saturated rings. The highest BCUT2D eigenvalue weighted by Crippen LogP contribution is 2.24. The number of hydrogen-bond donors (Lipinski definition) is 2. The SMILES string of the molecule is O=[N+]([O-])c1ccc(F)c(S(=O)(=O)NC2CCCCC2O)c1. The van der Waals surface area contributed by atoms with Crippen molar-refractivity contribution in [1.82, 2.24) is 4.72 Å². The van der Waals surface area contributed by atoms with Crippen LogP contribution in [0.3, 0.4) is 0 Å². The van der Waals surface area contributed by atoms with Gasteiger partial charge in [-0.3, -0.25) is 10.1 Å². The zero-order valence-corrected chi connectivity index (χ0v) is 11.8. The molecule has 1 aliphatic carbocycles. The molecule has 116 valence electrons. The monoisotopic (exact) mass is 318 g/mol. The zero-order valence-electron chi connectivity index (χ0n) is 11.0. The predicted octanol–water partition coefficient (Wildman–Crippen LogP) is 1.32. The van der Waals surface area contributed by atoms with Crippen molar-refractivity contribution in [3.8, 4) is 0 Å². The molecule has 2 N–H and O–H groups in total. The molecule has 0 aliphatic heterocycles. The third-order valence-electron chi connectivity index (χ3n) is 3.45. The fourth-order valence-corrected chi connectivity index (χ4v) is 3.72. The third kappa shape index (κ3) is 3.55. The minimum Gasteiger partial charge on any atom is -0.391 e. The summed E-state index contributed by atoms with van der Waals surface area (Å²) in [5.41, 5.74) is -0.513. The first-order chi connectivity index (χ1) is 9.81. The van der Waals surface area contributed by atoms with E-state index in [1.54, 1.807) is 0 Å². The molecular weight excluding hydrogens is 303 g/mol. The van der Waals surface area contributed by atoms with Crippen molar-refractivity contribution < 1.29 is 22.8 Å². The number of aliphatic hydroxyl groups excluding tert-OH is 1. The highest BCUT2D eigenvalue weighted by molar-refractivity contribution is 7.89. The normalized spacial score (nSPS) is 23.0. The highest BCUT2D eigenvalue weighted by Gasteiger charge is 2.30. The number of nitrogens with one attached hydrogen (secondary N) is 1. The number of hydrogen-bond acceptors (Lipinski definition) is 5. The minimum atomic E-state index is -4.27. The van der Waals surface area contributed by atoms with E-state index >= 15 is 0 Å². The number of non-ortho nitro benzene ring substituents is 1. The van der Waals surface area contributed by atoms with E-state index in [2.05, 4.69) is 4.72 Å². The number of benzene rings is 1. The van der Waals surface area contributed by atoms with Crippen LogP contribution < -0.4 is 4.72 Å².